The highest BCUT2D eigenvalue weighted by molar-refractivity contribution is 6.07. The number of hydrogen-bond acceptors (Lipinski definition) is 3. The predicted molar refractivity (Wildman–Crippen MR) is 66.2 cm³/mol. The summed E-state index contributed by atoms with van der Waals surface area (Å²) >= 11 is 0. The van der Waals surface area contributed by atoms with Gasteiger partial charge in [-0.05, 0) is 38.5 Å². The molecule has 0 aromatic heterocycles. The maximum atomic E-state index is 11.7. The Hall–Kier alpha value is -2.04. The Balaban J connectivity index is 2.24. The summed E-state index contributed by atoms with van der Waals surface area (Å²) in [5, 5.41) is 4.85. The Labute approximate surface area is 106 Å². The van der Waals surface area contributed by atoms with Gasteiger partial charge in [0.05, 0.1) is 6.10 Å². The highest BCUT2D eigenvalue weighted by atomic mass is 16.5. The van der Waals surface area contributed by atoms with Crippen molar-refractivity contribution in [2.24, 2.45) is 0 Å². The summed E-state index contributed by atoms with van der Waals surface area (Å²) in [7, 11) is 0. The largest absolute Gasteiger partial charge is 0.491 e. The summed E-state index contributed by atoms with van der Waals surface area (Å²) < 4.78 is 5.52. The molecular formula is C13H16N2O3. The molecule has 2 rings (SSSR count). The smallest absolute Gasteiger partial charge is 0.322 e. The van der Waals surface area contributed by atoms with Crippen molar-refractivity contribution in [3.8, 4) is 5.75 Å². The molecule has 1 aliphatic rings. The van der Waals surface area contributed by atoms with Crippen molar-refractivity contribution < 1.29 is 14.3 Å². The van der Waals surface area contributed by atoms with Gasteiger partial charge in [0.2, 0.25) is 0 Å². The SMILES string of the molecule is CC(C)Oc1ccc(C2(C)NC(=O)NC2=O)cc1. The minimum absolute atomic E-state index is 0.0981. The molecule has 5 nitrogen and oxygen atoms in total. The Kier molecular flexibility index (Phi) is 2.98. The lowest BCUT2D eigenvalue weighted by atomic mass is 9.92. The van der Waals surface area contributed by atoms with Crippen LogP contribution in [0.4, 0.5) is 4.79 Å². The molecule has 1 aromatic rings. The molecule has 1 aromatic carbocycles. The minimum Gasteiger partial charge on any atom is -0.491 e. The average Bonchev–Trinajstić information content (AvgIpc) is 2.53. The van der Waals surface area contributed by atoms with Gasteiger partial charge in [-0.15, -0.1) is 0 Å². The number of urea groups is 1. The van der Waals surface area contributed by atoms with Gasteiger partial charge in [0, 0.05) is 0 Å². The van der Waals surface area contributed by atoms with Crippen LogP contribution >= 0.6 is 0 Å². The van der Waals surface area contributed by atoms with Crippen LogP contribution in [0, 0.1) is 0 Å². The second kappa shape index (κ2) is 4.33. The lowest BCUT2D eigenvalue weighted by Gasteiger charge is -2.21. The highest BCUT2D eigenvalue weighted by Crippen LogP contribution is 2.26. The zero-order valence-electron chi connectivity index (χ0n) is 10.6. The number of carbonyl (C=O) groups excluding carboxylic acids is 2. The molecule has 0 radical (unpaired) electrons. The Bertz CT molecular complexity index is 482. The molecule has 5 heteroatoms. The van der Waals surface area contributed by atoms with Crippen LogP contribution in [0.1, 0.15) is 26.3 Å². The van der Waals surface area contributed by atoms with Gasteiger partial charge < -0.3 is 10.1 Å². The van der Waals surface area contributed by atoms with Gasteiger partial charge in [0.1, 0.15) is 11.3 Å². The topological polar surface area (TPSA) is 67.4 Å². The van der Waals surface area contributed by atoms with Crippen LogP contribution in [0.15, 0.2) is 24.3 Å². The van der Waals surface area contributed by atoms with E-state index in [9.17, 15) is 9.59 Å². The van der Waals surface area contributed by atoms with Crippen LogP contribution in [-0.4, -0.2) is 18.0 Å². The molecule has 1 fully saturated rings. The molecular weight excluding hydrogens is 232 g/mol. The third-order valence-electron chi connectivity index (χ3n) is 2.85. The van der Waals surface area contributed by atoms with Gasteiger partial charge in [-0.3, -0.25) is 10.1 Å². The van der Waals surface area contributed by atoms with E-state index in [1.807, 2.05) is 13.8 Å². The quantitative estimate of drug-likeness (QED) is 0.797. The molecule has 1 unspecified atom stereocenters. The highest BCUT2D eigenvalue weighted by Gasteiger charge is 2.43. The first-order valence-corrected chi connectivity index (χ1v) is 5.82. The van der Waals surface area contributed by atoms with Crippen LogP contribution < -0.4 is 15.4 Å². The fourth-order valence-electron chi connectivity index (χ4n) is 1.89. The predicted octanol–water partition coefficient (Wildman–Crippen LogP) is 1.53. The molecule has 96 valence electrons. The second-order valence-corrected chi connectivity index (χ2v) is 4.72. The van der Waals surface area contributed by atoms with Crippen molar-refractivity contribution in [1.29, 1.82) is 0 Å². The van der Waals surface area contributed by atoms with Gasteiger partial charge in [-0.2, -0.15) is 0 Å². The van der Waals surface area contributed by atoms with Crippen LogP contribution in [0.25, 0.3) is 0 Å². The summed E-state index contributed by atoms with van der Waals surface area (Å²) in [5.41, 5.74) is -0.282. The van der Waals surface area contributed by atoms with E-state index in [-0.39, 0.29) is 12.0 Å². The first-order chi connectivity index (χ1) is 8.41. The fourth-order valence-corrected chi connectivity index (χ4v) is 1.89. The van der Waals surface area contributed by atoms with E-state index in [0.29, 0.717) is 0 Å². The lowest BCUT2D eigenvalue weighted by Crippen LogP contribution is -2.40. The van der Waals surface area contributed by atoms with E-state index < -0.39 is 11.6 Å². The standard InChI is InChI=1S/C13H16N2O3/c1-8(2)18-10-6-4-9(5-7-10)13(3)11(16)14-12(17)15-13/h4-8H,1-3H3,(H2,14,15,16,17). The Morgan fingerprint density at radius 3 is 2.22 bits per heavy atom. The number of carbonyl (C=O) groups is 2. The number of ether oxygens (including phenoxy) is 1. The van der Waals surface area contributed by atoms with Crippen molar-refractivity contribution in [3.63, 3.8) is 0 Å². The van der Waals surface area contributed by atoms with E-state index in [0.717, 1.165) is 11.3 Å². The first kappa shape index (κ1) is 12.4. The average molecular weight is 248 g/mol. The number of nitrogens with one attached hydrogen (secondary N) is 2. The van der Waals surface area contributed by atoms with E-state index in [1.54, 1.807) is 31.2 Å². The molecule has 0 spiro atoms. The summed E-state index contributed by atoms with van der Waals surface area (Å²) in [6, 6.07) is 6.67. The van der Waals surface area contributed by atoms with Crippen molar-refractivity contribution in [1.82, 2.24) is 10.6 Å². The minimum atomic E-state index is -1.01. The van der Waals surface area contributed by atoms with Gasteiger partial charge >= 0.3 is 6.03 Å². The summed E-state index contributed by atoms with van der Waals surface area (Å²) in [6.07, 6.45) is 0.0981. The van der Waals surface area contributed by atoms with Crippen molar-refractivity contribution in [3.05, 3.63) is 29.8 Å². The maximum absolute atomic E-state index is 11.7. The van der Waals surface area contributed by atoms with Crippen LogP contribution in [0.3, 0.4) is 0 Å². The molecule has 18 heavy (non-hydrogen) atoms. The summed E-state index contributed by atoms with van der Waals surface area (Å²) in [5.74, 6) is 0.395. The summed E-state index contributed by atoms with van der Waals surface area (Å²) in [6.45, 7) is 5.56. The van der Waals surface area contributed by atoms with Gasteiger partial charge in [0.15, 0.2) is 0 Å². The van der Waals surface area contributed by atoms with E-state index in [1.165, 1.54) is 0 Å². The van der Waals surface area contributed by atoms with Crippen LogP contribution in [0.2, 0.25) is 0 Å². The monoisotopic (exact) mass is 248 g/mol. The second-order valence-electron chi connectivity index (χ2n) is 4.72. The van der Waals surface area contributed by atoms with E-state index >= 15 is 0 Å². The van der Waals surface area contributed by atoms with E-state index in [2.05, 4.69) is 10.6 Å². The number of benzene rings is 1. The summed E-state index contributed by atoms with van der Waals surface area (Å²) in [4.78, 5) is 22.9. The van der Waals surface area contributed by atoms with Crippen molar-refractivity contribution in [2.75, 3.05) is 0 Å². The molecule has 1 heterocycles. The molecule has 3 amide bonds. The zero-order valence-corrected chi connectivity index (χ0v) is 10.6. The third kappa shape index (κ3) is 2.16. The molecule has 1 atom stereocenters. The fraction of sp³-hybridized carbons (Fsp3) is 0.385. The lowest BCUT2D eigenvalue weighted by molar-refractivity contribution is -0.123. The molecule has 1 aliphatic heterocycles. The molecule has 1 saturated heterocycles. The van der Waals surface area contributed by atoms with Gasteiger partial charge in [-0.1, -0.05) is 12.1 Å². The number of imide groups is 1. The van der Waals surface area contributed by atoms with Gasteiger partial charge in [0.25, 0.3) is 5.91 Å². The molecule has 2 N–H and O–H groups in total. The van der Waals surface area contributed by atoms with Crippen LogP contribution in [0.5, 0.6) is 5.75 Å². The number of amides is 3. The molecule has 0 bridgehead atoms. The normalized spacial score (nSPS) is 22.9. The van der Waals surface area contributed by atoms with Crippen LogP contribution in [-0.2, 0) is 10.3 Å². The Morgan fingerprint density at radius 2 is 1.78 bits per heavy atom. The zero-order chi connectivity index (χ0) is 13.3. The first-order valence-electron chi connectivity index (χ1n) is 5.82. The van der Waals surface area contributed by atoms with Crippen molar-refractivity contribution in [2.45, 2.75) is 32.4 Å². The third-order valence-corrected chi connectivity index (χ3v) is 2.85. The molecule has 0 aliphatic carbocycles. The van der Waals surface area contributed by atoms with Crippen molar-refractivity contribution >= 4 is 11.9 Å². The number of hydrogen-bond donors (Lipinski definition) is 2. The maximum Gasteiger partial charge on any atom is 0.322 e. The number of rotatable bonds is 3. The van der Waals surface area contributed by atoms with Gasteiger partial charge in [-0.25, -0.2) is 4.79 Å². The molecule has 0 saturated carbocycles. The Morgan fingerprint density at radius 1 is 1.17 bits per heavy atom. The van der Waals surface area contributed by atoms with E-state index in [4.69, 9.17) is 4.74 Å².